The van der Waals surface area contributed by atoms with E-state index in [4.69, 9.17) is 5.73 Å². The molecule has 3 N–H and O–H groups in total. The van der Waals surface area contributed by atoms with Crippen LogP contribution in [0, 0.1) is 5.92 Å². The normalized spacial score (nSPS) is 24.9. The van der Waals surface area contributed by atoms with Crippen molar-refractivity contribution in [2.75, 3.05) is 25.4 Å². The number of hydrogen-bond donors (Lipinski definition) is 2. The van der Waals surface area contributed by atoms with Crippen molar-refractivity contribution in [3.8, 4) is 0 Å². The van der Waals surface area contributed by atoms with Crippen LogP contribution in [0.15, 0.2) is 58.3 Å². The van der Waals surface area contributed by atoms with Gasteiger partial charge in [-0.1, -0.05) is 17.8 Å². The molecule has 25 heavy (non-hydrogen) atoms. The van der Waals surface area contributed by atoms with Gasteiger partial charge in [0.25, 0.3) is 5.91 Å². The average Bonchev–Trinajstić information content (AvgIpc) is 2.94. The number of carbonyl (C=O) groups excluding carboxylic acids is 1. The van der Waals surface area contributed by atoms with Crippen molar-refractivity contribution in [2.45, 2.75) is 28.7 Å². The molecule has 130 valence electrons. The van der Waals surface area contributed by atoms with Crippen LogP contribution in [0.3, 0.4) is 0 Å². The predicted molar refractivity (Wildman–Crippen MR) is 102 cm³/mol. The fraction of sp³-hybridized carbons (Fsp3) is 0.350. The molecular formula is C20H23N3OS. The Labute approximate surface area is 152 Å². The van der Waals surface area contributed by atoms with Crippen LogP contribution in [0.4, 0.5) is 5.69 Å². The number of amides is 1. The van der Waals surface area contributed by atoms with Crippen LogP contribution in [-0.2, 0) is 0 Å². The van der Waals surface area contributed by atoms with E-state index in [2.05, 4.69) is 10.2 Å². The third-order valence-corrected chi connectivity index (χ3v) is 6.01. The molecule has 2 aromatic rings. The minimum absolute atomic E-state index is 0.0352. The number of carbonyl (C=O) groups is 1. The van der Waals surface area contributed by atoms with Gasteiger partial charge in [0.15, 0.2) is 0 Å². The molecule has 0 spiro atoms. The van der Waals surface area contributed by atoms with Gasteiger partial charge in [0.1, 0.15) is 0 Å². The predicted octanol–water partition coefficient (Wildman–Crippen LogP) is 3.24. The Hall–Kier alpha value is -1.98. The molecule has 0 saturated carbocycles. The Morgan fingerprint density at radius 3 is 2.72 bits per heavy atom. The van der Waals surface area contributed by atoms with Gasteiger partial charge in [0.2, 0.25) is 0 Å². The Morgan fingerprint density at radius 1 is 1.12 bits per heavy atom. The van der Waals surface area contributed by atoms with Crippen molar-refractivity contribution in [3.63, 3.8) is 0 Å². The Balaban J connectivity index is 1.37. The second kappa shape index (κ2) is 7.10. The van der Waals surface area contributed by atoms with E-state index < -0.39 is 0 Å². The van der Waals surface area contributed by atoms with E-state index in [9.17, 15) is 4.79 Å². The molecule has 3 atom stereocenters. The molecule has 1 amide bonds. The fourth-order valence-corrected chi connectivity index (χ4v) is 4.71. The summed E-state index contributed by atoms with van der Waals surface area (Å²) in [4.78, 5) is 17.2. The summed E-state index contributed by atoms with van der Waals surface area (Å²) in [6, 6.07) is 15.9. The highest BCUT2D eigenvalue weighted by molar-refractivity contribution is 7.99. The van der Waals surface area contributed by atoms with Gasteiger partial charge in [-0.05, 0) is 67.8 Å². The summed E-state index contributed by atoms with van der Waals surface area (Å²) in [5, 5.41) is 3.21. The van der Waals surface area contributed by atoms with Crippen LogP contribution in [0.2, 0.25) is 0 Å². The van der Waals surface area contributed by atoms with Gasteiger partial charge < -0.3 is 16.0 Å². The summed E-state index contributed by atoms with van der Waals surface area (Å²) in [6.07, 6.45) is 2.40. The van der Waals surface area contributed by atoms with Crippen molar-refractivity contribution >= 4 is 23.4 Å². The Bertz CT molecular complexity index is 750. The highest BCUT2D eigenvalue weighted by Gasteiger charge is 2.32. The minimum atomic E-state index is 0.0352. The first-order chi connectivity index (χ1) is 12.2. The van der Waals surface area contributed by atoms with Crippen LogP contribution in [0.5, 0.6) is 0 Å². The summed E-state index contributed by atoms with van der Waals surface area (Å²) in [6.45, 7) is 3.39. The average molecular weight is 353 g/mol. The number of anilines is 1. The summed E-state index contributed by atoms with van der Waals surface area (Å²) in [5.41, 5.74) is 7.31. The smallest absolute Gasteiger partial charge is 0.251 e. The quantitative estimate of drug-likeness (QED) is 0.829. The fourth-order valence-electron chi connectivity index (χ4n) is 3.82. The van der Waals surface area contributed by atoms with Gasteiger partial charge in [-0.2, -0.15) is 0 Å². The number of nitrogens with two attached hydrogens (primary N) is 1. The molecular weight excluding hydrogens is 330 g/mol. The van der Waals surface area contributed by atoms with Crippen molar-refractivity contribution < 1.29 is 4.79 Å². The van der Waals surface area contributed by atoms with E-state index in [0.29, 0.717) is 0 Å². The zero-order valence-corrected chi connectivity index (χ0v) is 15.0. The number of hydrogen-bond acceptors (Lipinski definition) is 4. The summed E-state index contributed by atoms with van der Waals surface area (Å²) in [7, 11) is 0. The molecule has 3 unspecified atom stereocenters. The second-order valence-electron chi connectivity index (χ2n) is 7.02. The monoisotopic (exact) mass is 353 g/mol. The zero-order valence-electron chi connectivity index (χ0n) is 14.2. The molecule has 0 aromatic heterocycles. The van der Waals surface area contributed by atoms with E-state index in [-0.39, 0.29) is 11.9 Å². The number of rotatable bonds is 4. The first-order valence-electron chi connectivity index (χ1n) is 8.82. The maximum atomic E-state index is 12.5. The highest BCUT2D eigenvalue weighted by atomic mass is 32.2. The van der Waals surface area contributed by atoms with Crippen LogP contribution in [0.1, 0.15) is 23.2 Å². The molecule has 2 heterocycles. The number of nitrogens with one attached hydrogen (secondary N) is 1. The molecule has 4 rings (SSSR count). The van der Waals surface area contributed by atoms with Gasteiger partial charge in [-0.15, -0.1) is 0 Å². The van der Waals surface area contributed by atoms with Crippen LogP contribution < -0.4 is 11.1 Å². The summed E-state index contributed by atoms with van der Waals surface area (Å²) < 4.78 is 0. The van der Waals surface area contributed by atoms with Gasteiger partial charge in [-0.3, -0.25) is 4.79 Å². The SMILES string of the molecule is Nc1cccc(Sc2ccc(C(=O)NC3CC4CCN(C4)C3)cc2)c1. The Morgan fingerprint density at radius 2 is 1.96 bits per heavy atom. The van der Waals surface area contributed by atoms with Crippen LogP contribution in [-0.4, -0.2) is 36.5 Å². The van der Waals surface area contributed by atoms with Gasteiger partial charge >= 0.3 is 0 Å². The van der Waals surface area contributed by atoms with Crippen molar-refractivity contribution in [1.82, 2.24) is 10.2 Å². The van der Waals surface area contributed by atoms with Gasteiger partial charge in [-0.25, -0.2) is 0 Å². The van der Waals surface area contributed by atoms with Crippen molar-refractivity contribution in [3.05, 3.63) is 54.1 Å². The lowest BCUT2D eigenvalue weighted by Crippen LogP contribution is -2.47. The highest BCUT2D eigenvalue weighted by Crippen LogP contribution is 2.29. The van der Waals surface area contributed by atoms with Crippen LogP contribution in [0.25, 0.3) is 0 Å². The zero-order chi connectivity index (χ0) is 17.2. The van der Waals surface area contributed by atoms with E-state index >= 15 is 0 Å². The number of piperidine rings is 1. The topological polar surface area (TPSA) is 58.4 Å². The van der Waals surface area contributed by atoms with Crippen molar-refractivity contribution in [1.29, 1.82) is 0 Å². The van der Waals surface area contributed by atoms with Gasteiger partial charge in [0.05, 0.1) is 0 Å². The van der Waals surface area contributed by atoms with Crippen LogP contribution >= 0.6 is 11.8 Å². The standard InChI is InChI=1S/C20H23N3OS/c21-16-2-1-3-19(11-16)25-18-6-4-15(5-7-18)20(24)22-17-10-14-8-9-23(12-14)13-17/h1-7,11,14,17H,8-10,12-13,21H2,(H,22,24). The molecule has 0 radical (unpaired) electrons. The molecule has 2 saturated heterocycles. The van der Waals surface area contributed by atoms with E-state index in [1.54, 1.807) is 11.8 Å². The third kappa shape index (κ3) is 3.99. The molecule has 2 aliphatic rings. The number of nitrogens with zero attached hydrogens (tertiary/aromatic N) is 1. The molecule has 0 aliphatic carbocycles. The summed E-state index contributed by atoms with van der Waals surface area (Å²) >= 11 is 1.65. The van der Waals surface area contributed by atoms with Gasteiger partial charge in [0, 0.05) is 40.2 Å². The molecule has 4 nitrogen and oxygen atoms in total. The van der Waals surface area contributed by atoms with E-state index in [1.807, 2.05) is 48.5 Å². The number of fused-ring (bicyclic) bond motifs is 2. The minimum Gasteiger partial charge on any atom is -0.399 e. The third-order valence-electron chi connectivity index (χ3n) is 5.01. The lowest BCUT2D eigenvalue weighted by atomic mass is 9.96. The lowest BCUT2D eigenvalue weighted by molar-refractivity contribution is 0.0909. The lowest BCUT2D eigenvalue weighted by Gasteiger charge is -2.30. The van der Waals surface area contributed by atoms with E-state index in [1.165, 1.54) is 19.5 Å². The van der Waals surface area contributed by atoms with E-state index in [0.717, 1.165) is 39.9 Å². The van der Waals surface area contributed by atoms with Crippen molar-refractivity contribution in [2.24, 2.45) is 5.92 Å². The summed E-state index contributed by atoms with van der Waals surface area (Å²) in [5.74, 6) is 0.796. The largest absolute Gasteiger partial charge is 0.399 e. The molecule has 2 bridgehead atoms. The first kappa shape index (κ1) is 16.5. The molecule has 2 aliphatic heterocycles. The maximum Gasteiger partial charge on any atom is 0.251 e. The second-order valence-corrected chi connectivity index (χ2v) is 8.17. The molecule has 5 heteroatoms. The Kier molecular flexibility index (Phi) is 4.68. The maximum absolute atomic E-state index is 12.5. The molecule has 2 aromatic carbocycles. The molecule has 2 fully saturated rings. The number of benzene rings is 2. The number of nitrogen functional groups attached to an aromatic ring is 1. The first-order valence-corrected chi connectivity index (χ1v) is 9.64.